The van der Waals surface area contributed by atoms with Crippen LogP contribution in [0.4, 0.5) is 22.0 Å². The Hall–Kier alpha value is -4.52. The van der Waals surface area contributed by atoms with Crippen LogP contribution in [0.25, 0.3) is 22.4 Å². The lowest BCUT2D eigenvalue weighted by Gasteiger charge is -2.19. The second-order valence-corrected chi connectivity index (χ2v) is 8.49. The molecule has 5 nitrogen and oxygen atoms in total. The first-order valence-electron chi connectivity index (χ1n) is 11.2. The zero-order chi connectivity index (χ0) is 26.3. The molecule has 37 heavy (non-hydrogen) atoms. The lowest BCUT2D eigenvalue weighted by atomic mass is 9.95. The molecule has 186 valence electrons. The molecule has 0 spiro atoms. The second kappa shape index (κ2) is 9.17. The molecule has 0 unspecified atom stereocenters. The Labute approximate surface area is 207 Å². The number of carbonyl (C=O) groups excluding carboxylic acids is 1. The molecule has 5 rings (SSSR count). The average Bonchev–Trinajstić information content (AvgIpc) is 3.19. The highest BCUT2D eigenvalue weighted by Gasteiger charge is 2.33. The Morgan fingerprint density at radius 2 is 1.76 bits per heavy atom. The Morgan fingerprint density at radius 3 is 2.43 bits per heavy atom. The monoisotopic (exact) mass is 508 g/mol. The first-order chi connectivity index (χ1) is 17.7. The molecular weight excluding hydrogens is 491 g/mol. The summed E-state index contributed by atoms with van der Waals surface area (Å²) in [5.74, 6) is -1.64. The van der Waals surface area contributed by atoms with Gasteiger partial charge in [-0.05, 0) is 41.5 Å². The molecule has 0 saturated carbocycles. The van der Waals surface area contributed by atoms with E-state index in [0.717, 1.165) is 12.1 Å². The van der Waals surface area contributed by atoms with Gasteiger partial charge in [-0.2, -0.15) is 22.8 Å². The van der Waals surface area contributed by atoms with Crippen LogP contribution in [0, 0.1) is 23.1 Å². The summed E-state index contributed by atoms with van der Waals surface area (Å²) in [5.41, 5.74) is 1.71. The van der Waals surface area contributed by atoms with E-state index in [-0.39, 0.29) is 18.0 Å². The smallest absolute Gasteiger partial charge is 0.352 e. The van der Waals surface area contributed by atoms with Crippen molar-refractivity contribution in [3.63, 3.8) is 0 Å². The van der Waals surface area contributed by atoms with Gasteiger partial charge in [-0.15, -0.1) is 0 Å². The lowest BCUT2D eigenvalue weighted by molar-refractivity contribution is -0.137. The minimum atomic E-state index is -4.62. The number of pyridine rings is 1. The maximum Gasteiger partial charge on any atom is 0.416 e. The normalized spacial score (nSPS) is 13.1. The molecule has 0 fully saturated rings. The molecule has 0 saturated heterocycles. The number of carbonyl (C=O) groups is 1. The molecule has 1 N–H and O–H groups in total. The number of halogens is 5. The van der Waals surface area contributed by atoms with Crippen LogP contribution in [-0.4, -0.2) is 22.0 Å². The fourth-order valence-corrected chi connectivity index (χ4v) is 4.64. The van der Waals surface area contributed by atoms with Gasteiger partial charge in [-0.3, -0.25) is 4.79 Å². The number of amides is 1. The van der Waals surface area contributed by atoms with Gasteiger partial charge in [0.15, 0.2) is 0 Å². The molecular formula is C27H17F5N4O. The van der Waals surface area contributed by atoms with Crippen LogP contribution in [0.1, 0.15) is 32.7 Å². The SMILES string of the molecule is N#Cc1cc(C(F)(F)F)ccc1Cn1c2c(c(-c3ccc(F)cc3)c1-c1ccnc(F)c1)C(=O)NCC2. The summed E-state index contributed by atoms with van der Waals surface area (Å²) in [6, 6.07) is 12.9. The van der Waals surface area contributed by atoms with E-state index in [0.29, 0.717) is 52.2 Å². The first kappa shape index (κ1) is 24.2. The fourth-order valence-electron chi connectivity index (χ4n) is 4.64. The van der Waals surface area contributed by atoms with Crippen molar-refractivity contribution in [2.24, 2.45) is 0 Å². The molecule has 0 atom stereocenters. The highest BCUT2D eigenvalue weighted by molar-refractivity contribution is 6.07. The van der Waals surface area contributed by atoms with Crippen LogP contribution in [0.15, 0.2) is 60.8 Å². The third-order valence-corrected chi connectivity index (χ3v) is 6.26. The molecule has 1 amide bonds. The van der Waals surface area contributed by atoms with Crippen molar-refractivity contribution < 1.29 is 26.7 Å². The van der Waals surface area contributed by atoms with Gasteiger partial charge in [0, 0.05) is 48.6 Å². The third-order valence-electron chi connectivity index (χ3n) is 6.26. The zero-order valence-corrected chi connectivity index (χ0v) is 19.0. The van der Waals surface area contributed by atoms with Crippen molar-refractivity contribution in [3.8, 4) is 28.5 Å². The molecule has 4 aromatic rings. The Bertz CT molecular complexity index is 1570. The second-order valence-electron chi connectivity index (χ2n) is 8.49. The molecule has 0 aliphatic carbocycles. The lowest BCUT2D eigenvalue weighted by Crippen LogP contribution is -2.32. The number of alkyl halides is 3. The molecule has 10 heteroatoms. The van der Waals surface area contributed by atoms with E-state index in [4.69, 9.17) is 0 Å². The van der Waals surface area contributed by atoms with E-state index >= 15 is 0 Å². The van der Waals surface area contributed by atoms with Gasteiger partial charge >= 0.3 is 6.18 Å². The number of aromatic nitrogens is 2. The van der Waals surface area contributed by atoms with Gasteiger partial charge < -0.3 is 9.88 Å². The fraction of sp³-hybridized carbons (Fsp3) is 0.148. The van der Waals surface area contributed by atoms with E-state index in [1.54, 1.807) is 10.6 Å². The number of nitrogens with one attached hydrogen (secondary N) is 1. The predicted molar refractivity (Wildman–Crippen MR) is 124 cm³/mol. The van der Waals surface area contributed by atoms with Crippen molar-refractivity contribution in [1.82, 2.24) is 14.9 Å². The van der Waals surface area contributed by atoms with Gasteiger partial charge in [0.25, 0.3) is 5.91 Å². The van der Waals surface area contributed by atoms with Crippen molar-refractivity contribution in [2.75, 3.05) is 6.54 Å². The number of nitriles is 1. The molecule has 2 aromatic heterocycles. The standard InChI is InChI=1S/C27H17F5N4O/c28-20-5-2-15(3-6-20)23-24-21(8-10-35-26(24)37)36(25(23)16-7-9-34-22(29)12-16)14-17-1-4-19(27(30,31)32)11-18(17)13-33/h1-7,9,11-12H,8,10,14H2,(H,35,37). The topological polar surface area (TPSA) is 70.7 Å². The molecule has 0 radical (unpaired) electrons. The van der Waals surface area contributed by atoms with Crippen LogP contribution in [-0.2, 0) is 19.1 Å². The number of hydrogen-bond acceptors (Lipinski definition) is 3. The first-order valence-corrected chi connectivity index (χ1v) is 11.2. The summed E-state index contributed by atoms with van der Waals surface area (Å²) in [6.45, 7) is 0.248. The maximum atomic E-state index is 14.2. The Morgan fingerprint density at radius 1 is 1.00 bits per heavy atom. The van der Waals surface area contributed by atoms with Crippen molar-refractivity contribution >= 4 is 5.91 Å². The van der Waals surface area contributed by atoms with Gasteiger partial charge in [-0.1, -0.05) is 18.2 Å². The number of fused-ring (bicyclic) bond motifs is 1. The van der Waals surface area contributed by atoms with Crippen LogP contribution < -0.4 is 5.32 Å². The summed E-state index contributed by atoms with van der Waals surface area (Å²) in [4.78, 5) is 16.7. The van der Waals surface area contributed by atoms with Crippen LogP contribution in [0.5, 0.6) is 0 Å². The summed E-state index contributed by atoms with van der Waals surface area (Å²) < 4.78 is 69.4. The summed E-state index contributed by atoms with van der Waals surface area (Å²) in [7, 11) is 0. The Kier molecular flexibility index (Phi) is 5.99. The van der Waals surface area contributed by atoms with Crippen LogP contribution >= 0.6 is 0 Å². The van der Waals surface area contributed by atoms with E-state index in [9.17, 15) is 32.0 Å². The molecule has 1 aliphatic heterocycles. The maximum absolute atomic E-state index is 14.2. The highest BCUT2D eigenvalue weighted by atomic mass is 19.4. The number of nitrogens with zero attached hydrogens (tertiary/aromatic N) is 3. The van der Waals surface area contributed by atoms with Crippen molar-refractivity contribution in [1.29, 1.82) is 5.26 Å². The number of hydrogen-bond donors (Lipinski definition) is 1. The minimum absolute atomic E-state index is 0.0584. The van der Waals surface area contributed by atoms with Gasteiger partial charge in [0.05, 0.1) is 28.5 Å². The zero-order valence-electron chi connectivity index (χ0n) is 19.0. The predicted octanol–water partition coefficient (Wildman–Crippen LogP) is 5.72. The van der Waals surface area contributed by atoms with Gasteiger partial charge in [-0.25, -0.2) is 9.37 Å². The number of rotatable bonds is 4. The van der Waals surface area contributed by atoms with Gasteiger partial charge in [0.2, 0.25) is 5.95 Å². The third kappa shape index (κ3) is 4.44. The minimum Gasteiger partial charge on any atom is -0.352 e. The van der Waals surface area contributed by atoms with E-state index in [1.807, 2.05) is 6.07 Å². The van der Waals surface area contributed by atoms with E-state index in [1.165, 1.54) is 42.6 Å². The molecule has 3 heterocycles. The van der Waals surface area contributed by atoms with Gasteiger partial charge in [0.1, 0.15) is 5.82 Å². The molecule has 1 aliphatic rings. The summed E-state index contributed by atoms with van der Waals surface area (Å²) in [6.07, 6.45) is -2.98. The quantitative estimate of drug-likeness (QED) is 0.283. The van der Waals surface area contributed by atoms with Crippen molar-refractivity contribution in [3.05, 3.63) is 101 Å². The highest BCUT2D eigenvalue weighted by Crippen LogP contribution is 2.41. The van der Waals surface area contributed by atoms with E-state index in [2.05, 4.69) is 10.3 Å². The summed E-state index contributed by atoms with van der Waals surface area (Å²) >= 11 is 0. The van der Waals surface area contributed by atoms with E-state index < -0.39 is 23.5 Å². The van der Waals surface area contributed by atoms with Crippen LogP contribution in [0.2, 0.25) is 0 Å². The number of benzene rings is 2. The molecule has 2 aromatic carbocycles. The summed E-state index contributed by atoms with van der Waals surface area (Å²) in [5, 5.41) is 12.4. The van der Waals surface area contributed by atoms with Crippen molar-refractivity contribution in [2.45, 2.75) is 19.1 Å². The van der Waals surface area contributed by atoms with Crippen LogP contribution in [0.3, 0.4) is 0 Å². The average molecular weight is 508 g/mol. The Balaban J connectivity index is 1.80. The molecule has 0 bridgehead atoms. The largest absolute Gasteiger partial charge is 0.416 e.